The summed E-state index contributed by atoms with van der Waals surface area (Å²) in [6.45, 7) is 7.42. The fourth-order valence-electron chi connectivity index (χ4n) is 9.53. The molecule has 0 aliphatic carbocycles. The molecule has 2 aromatic carbocycles. The topological polar surface area (TPSA) is 162 Å². The molecule has 1 aliphatic rings. The van der Waals surface area contributed by atoms with Crippen molar-refractivity contribution in [2.75, 3.05) is 13.2 Å². The van der Waals surface area contributed by atoms with Crippen molar-refractivity contribution in [3.63, 3.8) is 0 Å². The molecule has 2 aromatic rings. The van der Waals surface area contributed by atoms with Crippen molar-refractivity contribution in [1.82, 2.24) is 16.0 Å². The fourth-order valence-corrected chi connectivity index (χ4v) is 9.53. The predicted octanol–water partition coefficient (Wildman–Crippen LogP) is 13.0. The first-order chi connectivity index (χ1) is 35.7. The maximum atomic E-state index is 14.3. The van der Waals surface area contributed by atoms with Gasteiger partial charge in [0.2, 0.25) is 17.7 Å². The second-order valence-electron chi connectivity index (χ2n) is 20.7. The van der Waals surface area contributed by atoms with E-state index in [-0.39, 0.29) is 45.0 Å². The zero-order valence-electron chi connectivity index (χ0n) is 45.9. The maximum absolute atomic E-state index is 14.3. The Bertz CT molecular complexity index is 1680. The Balaban J connectivity index is 1.74. The van der Waals surface area contributed by atoms with Crippen LogP contribution >= 0.6 is 0 Å². The Hall–Kier alpha value is -3.84. The zero-order valence-corrected chi connectivity index (χ0v) is 45.9. The number of rotatable bonds is 45. The largest absolute Gasteiger partial charge is 0.457 e. The summed E-state index contributed by atoms with van der Waals surface area (Å²) in [6, 6.07) is 16.9. The number of unbranched alkanes of at least 4 members (excludes halogenated alkanes) is 26. The monoisotopic (exact) mass is 1020 g/mol. The lowest BCUT2D eigenvalue weighted by molar-refractivity contribution is -0.279. The van der Waals surface area contributed by atoms with Crippen molar-refractivity contribution in [2.45, 2.75) is 276 Å². The highest BCUT2D eigenvalue weighted by Crippen LogP contribution is 2.28. The SMILES string of the molecule is CCCCCCCCCCCCCC(=O)N[C@@H](CC(=O)N[C@H]1[C@@H](OCc2ccccc2)O[C@H](COCc2ccccc2)[C@@H](O)[C@@H]1OC(=O)CCCCCCCCCCCCC)C(=O)NCCCCCCCCC. The van der Waals surface area contributed by atoms with Crippen LogP contribution in [0.4, 0.5) is 0 Å². The van der Waals surface area contributed by atoms with Crippen molar-refractivity contribution >= 4 is 23.7 Å². The predicted molar refractivity (Wildman–Crippen MR) is 294 cm³/mol. The molecule has 3 rings (SSSR count). The van der Waals surface area contributed by atoms with E-state index < -0.39 is 54.5 Å². The Labute approximate surface area is 442 Å². The van der Waals surface area contributed by atoms with E-state index in [1.165, 1.54) is 109 Å². The van der Waals surface area contributed by atoms with E-state index in [0.717, 1.165) is 75.3 Å². The van der Waals surface area contributed by atoms with Gasteiger partial charge in [-0.2, -0.15) is 0 Å². The minimum atomic E-state index is -1.40. The van der Waals surface area contributed by atoms with Crippen molar-refractivity contribution in [2.24, 2.45) is 0 Å². The van der Waals surface area contributed by atoms with Crippen LogP contribution in [-0.2, 0) is 51.3 Å². The molecule has 1 saturated heterocycles. The van der Waals surface area contributed by atoms with Gasteiger partial charge >= 0.3 is 5.97 Å². The number of aliphatic hydroxyl groups excluding tert-OH is 1. The molecule has 3 amide bonds. The molecule has 1 fully saturated rings. The Kier molecular flexibility index (Phi) is 36.8. The molecule has 0 aromatic heterocycles. The van der Waals surface area contributed by atoms with E-state index in [2.05, 4.69) is 36.7 Å². The van der Waals surface area contributed by atoms with E-state index in [0.29, 0.717) is 19.4 Å². The van der Waals surface area contributed by atoms with Crippen molar-refractivity contribution in [3.8, 4) is 0 Å². The average Bonchev–Trinajstić information content (AvgIpc) is 3.39. The van der Waals surface area contributed by atoms with Crippen LogP contribution in [0.5, 0.6) is 0 Å². The highest BCUT2D eigenvalue weighted by atomic mass is 16.7. The lowest BCUT2D eigenvalue weighted by Crippen LogP contribution is -2.66. The number of aliphatic hydroxyl groups is 1. The highest BCUT2D eigenvalue weighted by Gasteiger charge is 2.49. The number of nitrogens with one attached hydrogen (secondary N) is 3. The first-order valence-corrected chi connectivity index (χ1v) is 29.4. The molecule has 12 nitrogen and oxygen atoms in total. The van der Waals surface area contributed by atoms with Crippen LogP contribution in [0.3, 0.4) is 0 Å². The molecule has 0 unspecified atom stereocenters. The van der Waals surface area contributed by atoms with E-state index in [4.69, 9.17) is 18.9 Å². The number of benzene rings is 2. The number of ether oxygens (including phenoxy) is 4. The summed E-state index contributed by atoms with van der Waals surface area (Å²) in [4.78, 5) is 55.3. The minimum absolute atomic E-state index is 0.0410. The van der Waals surface area contributed by atoms with Gasteiger partial charge in [0.05, 0.1) is 26.2 Å². The number of amides is 3. The first-order valence-electron chi connectivity index (χ1n) is 29.4. The second kappa shape index (κ2) is 42.4. The van der Waals surface area contributed by atoms with Gasteiger partial charge in [0.1, 0.15) is 24.3 Å². The molecule has 0 bridgehead atoms. The van der Waals surface area contributed by atoms with Gasteiger partial charge in [-0.15, -0.1) is 0 Å². The minimum Gasteiger partial charge on any atom is -0.457 e. The van der Waals surface area contributed by atoms with E-state index >= 15 is 0 Å². The van der Waals surface area contributed by atoms with E-state index in [1.807, 2.05) is 60.7 Å². The Morgan fingerprint density at radius 2 is 1.01 bits per heavy atom. The molecule has 4 N–H and O–H groups in total. The normalized spacial score (nSPS) is 18.0. The van der Waals surface area contributed by atoms with E-state index in [1.54, 1.807) is 0 Å². The highest BCUT2D eigenvalue weighted by molar-refractivity contribution is 5.92. The van der Waals surface area contributed by atoms with Crippen LogP contribution in [0.25, 0.3) is 0 Å². The molecule has 0 saturated carbocycles. The standard InChI is InChI=1S/C61H101N3O9/c1-4-7-10-13-16-18-20-22-24-27-36-43-54(65)63-52(60(69)62-45-38-29-26-15-12-9-6-3)46-55(66)64-57-59(73-56(67)44-37-28-25-23-21-19-17-14-11-8-5-2)58(68)53(49-70-47-50-39-32-30-33-40-50)72-61(57)71-48-51-41-34-31-35-42-51/h30-35,39-42,52-53,57-59,61,68H,4-29,36-38,43-49H2,1-3H3,(H,62,69)(H,63,65)(H,64,66)/t52-,53+,57+,58+,59+,61-/m0/s1. The summed E-state index contributed by atoms with van der Waals surface area (Å²) in [5, 5.41) is 20.8. The van der Waals surface area contributed by atoms with Gasteiger partial charge in [0.15, 0.2) is 12.4 Å². The molecule has 0 spiro atoms. The summed E-state index contributed by atoms with van der Waals surface area (Å²) in [6.07, 6.45) is 28.1. The van der Waals surface area contributed by atoms with Gasteiger partial charge in [-0.05, 0) is 30.4 Å². The molecule has 414 valence electrons. The van der Waals surface area contributed by atoms with Crippen LogP contribution in [-0.4, -0.2) is 78.6 Å². The van der Waals surface area contributed by atoms with Crippen LogP contribution in [0.1, 0.15) is 237 Å². The molecule has 12 heteroatoms. The van der Waals surface area contributed by atoms with Gasteiger partial charge in [0, 0.05) is 19.4 Å². The molecule has 6 atom stereocenters. The maximum Gasteiger partial charge on any atom is 0.306 e. The summed E-state index contributed by atoms with van der Waals surface area (Å²) in [5.41, 5.74) is 1.79. The van der Waals surface area contributed by atoms with Gasteiger partial charge in [-0.3, -0.25) is 19.2 Å². The fraction of sp³-hybridized carbons (Fsp3) is 0.738. The summed E-state index contributed by atoms with van der Waals surface area (Å²) in [7, 11) is 0. The lowest BCUT2D eigenvalue weighted by atomic mass is 9.96. The average molecular weight is 1020 g/mol. The number of esters is 1. The molecule has 1 heterocycles. The van der Waals surface area contributed by atoms with E-state index in [9.17, 15) is 24.3 Å². The van der Waals surface area contributed by atoms with Crippen LogP contribution in [0.2, 0.25) is 0 Å². The van der Waals surface area contributed by atoms with Crippen LogP contribution < -0.4 is 16.0 Å². The smallest absolute Gasteiger partial charge is 0.306 e. The molecule has 73 heavy (non-hydrogen) atoms. The molecular formula is C61H101N3O9. The number of hydrogen-bond donors (Lipinski definition) is 4. The summed E-state index contributed by atoms with van der Waals surface area (Å²) < 4.78 is 25.0. The number of carbonyl (C=O) groups is 4. The summed E-state index contributed by atoms with van der Waals surface area (Å²) in [5.74, 6) is -1.81. The third kappa shape index (κ3) is 30.3. The third-order valence-corrected chi connectivity index (χ3v) is 14.0. The Morgan fingerprint density at radius 1 is 0.562 bits per heavy atom. The number of hydrogen-bond acceptors (Lipinski definition) is 9. The Morgan fingerprint density at radius 3 is 1.52 bits per heavy atom. The van der Waals surface area contributed by atoms with Crippen molar-refractivity contribution in [1.29, 1.82) is 0 Å². The lowest BCUT2D eigenvalue weighted by Gasteiger charge is -2.44. The van der Waals surface area contributed by atoms with Crippen molar-refractivity contribution < 1.29 is 43.2 Å². The number of carbonyl (C=O) groups excluding carboxylic acids is 4. The molecule has 0 radical (unpaired) electrons. The van der Waals surface area contributed by atoms with Gasteiger partial charge in [-0.1, -0.05) is 248 Å². The molecule has 1 aliphatic heterocycles. The summed E-state index contributed by atoms with van der Waals surface area (Å²) >= 11 is 0. The van der Waals surface area contributed by atoms with Crippen molar-refractivity contribution in [3.05, 3.63) is 71.8 Å². The quantitative estimate of drug-likeness (QED) is 0.0374. The van der Waals surface area contributed by atoms with Gasteiger partial charge in [0.25, 0.3) is 0 Å². The van der Waals surface area contributed by atoms with Crippen LogP contribution in [0.15, 0.2) is 60.7 Å². The van der Waals surface area contributed by atoms with Gasteiger partial charge in [-0.25, -0.2) is 0 Å². The second-order valence-corrected chi connectivity index (χ2v) is 20.7. The van der Waals surface area contributed by atoms with Crippen LogP contribution in [0, 0.1) is 0 Å². The third-order valence-electron chi connectivity index (χ3n) is 14.0. The first kappa shape index (κ1) is 63.5. The van der Waals surface area contributed by atoms with Gasteiger partial charge < -0.3 is 40.0 Å². The zero-order chi connectivity index (χ0) is 52.4. The molecular weight excluding hydrogens is 919 g/mol.